The summed E-state index contributed by atoms with van der Waals surface area (Å²) in [5, 5.41) is 4.35. The summed E-state index contributed by atoms with van der Waals surface area (Å²) >= 11 is 1.35. The maximum Gasteiger partial charge on any atom is 0.236 e. The molecule has 3 aromatic rings. The van der Waals surface area contributed by atoms with Crippen molar-refractivity contribution in [3.63, 3.8) is 0 Å². The Kier molecular flexibility index (Phi) is 5.83. The van der Waals surface area contributed by atoms with Crippen molar-refractivity contribution in [1.29, 1.82) is 0 Å². The standard InChI is InChI=1S/C22H26N4O3S2/c27-31(28,14-16-4-2-1-3-5-16)25-18-6-7-21-19(12-18)22(24-30-21)29-15-23-20-13-26-10-8-17(20)9-11-26/h1-7,12,17,20,23,25H,8-11,13-15H2/t20-/m1/s1. The Hall–Kier alpha value is -2.20. The molecule has 7 nitrogen and oxygen atoms in total. The lowest BCUT2D eigenvalue weighted by Crippen LogP contribution is -2.56. The van der Waals surface area contributed by atoms with Gasteiger partial charge in [-0.25, -0.2) is 8.42 Å². The first-order valence-electron chi connectivity index (χ1n) is 10.6. The summed E-state index contributed by atoms with van der Waals surface area (Å²) in [5.74, 6) is 1.20. The largest absolute Gasteiger partial charge is 0.461 e. The Balaban J connectivity index is 1.24. The second-order valence-electron chi connectivity index (χ2n) is 8.28. The summed E-state index contributed by atoms with van der Waals surface area (Å²) in [6, 6.07) is 15.0. The lowest BCUT2D eigenvalue weighted by Gasteiger charge is -2.45. The number of benzene rings is 2. The van der Waals surface area contributed by atoms with Crippen LogP contribution in [0.3, 0.4) is 0 Å². The number of anilines is 1. The number of fused-ring (bicyclic) bond motifs is 4. The van der Waals surface area contributed by atoms with E-state index in [9.17, 15) is 8.42 Å². The zero-order valence-corrected chi connectivity index (χ0v) is 18.8. The van der Waals surface area contributed by atoms with Crippen LogP contribution in [0.1, 0.15) is 18.4 Å². The lowest BCUT2D eigenvalue weighted by atomic mass is 9.84. The average Bonchev–Trinajstić information content (AvgIpc) is 3.17. The third kappa shape index (κ3) is 4.85. The second kappa shape index (κ2) is 8.74. The number of hydrogen-bond donors (Lipinski definition) is 2. The summed E-state index contributed by atoms with van der Waals surface area (Å²) in [7, 11) is -3.51. The van der Waals surface area contributed by atoms with Gasteiger partial charge in [-0.2, -0.15) is 4.37 Å². The molecule has 2 N–H and O–H groups in total. The molecule has 0 amide bonds. The van der Waals surface area contributed by atoms with Crippen LogP contribution in [-0.4, -0.2) is 50.1 Å². The van der Waals surface area contributed by atoms with Gasteiger partial charge in [-0.05, 0) is 67.1 Å². The molecule has 9 heteroatoms. The Labute approximate surface area is 186 Å². The molecule has 3 aliphatic rings. The predicted octanol–water partition coefficient (Wildman–Crippen LogP) is 3.26. The molecule has 164 valence electrons. The molecule has 4 heterocycles. The van der Waals surface area contributed by atoms with E-state index in [0.29, 0.717) is 24.3 Å². The molecule has 31 heavy (non-hydrogen) atoms. The van der Waals surface area contributed by atoms with Crippen LogP contribution in [0, 0.1) is 5.92 Å². The summed E-state index contributed by atoms with van der Waals surface area (Å²) in [5.41, 5.74) is 1.26. The van der Waals surface area contributed by atoms with Crippen molar-refractivity contribution >= 4 is 37.3 Å². The van der Waals surface area contributed by atoms with E-state index in [4.69, 9.17) is 4.74 Å². The van der Waals surface area contributed by atoms with Crippen LogP contribution in [0.25, 0.3) is 10.1 Å². The Morgan fingerprint density at radius 2 is 1.94 bits per heavy atom. The van der Waals surface area contributed by atoms with Gasteiger partial charge in [0.1, 0.15) is 6.73 Å². The van der Waals surface area contributed by atoms with Crippen molar-refractivity contribution < 1.29 is 13.2 Å². The molecule has 3 aliphatic heterocycles. The normalized spacial score (nSPS) is 23.2. The van der Waals surface area contributed by atoms with Crippen LogP contribution in [0.4, 0.5) is 5.69 Å². The molecule has 6 rings (SSSR count). The van der Waals surface area contributed by atoms with E-state index >= 15 is 0 Å². The molecule has 2 aromatic carbocycles. The summed E-state index contributed by atoms with van der Waals surface area (Å²) in [6.07, 6.45) is 2.51. The maximum absolute atomic E-state index is 12.6. The highest BCUT2D eigenvalue weighted by Crippen LogP contribution is 2.32. The van der Waals surface area contributed by atoms with Gasteiger partial charge in [0.25, 0.3) is 0 Å². The molecule has 0 saturated carbocycles. The van der Waals surface area contributed by atoms with Crippen LogP contribution in [-0.2, 0) is 15.8 Å². The van der Waals surface area contributed by atoms with Gasteiger partial charge in [-0.15, -0.1) is 0 Å². The van der Waals surface area contributed by atoms with Gasteiger partial charge in [0.15, 0.2) is 0 Å². The minimum absolute atomic E-state index is 0.0688. The smallest absolute Gasteiger partial charge is 0.236 e. The number of ether oxygens (including phenoxy) is 1. The van der Waals surface area contributed by atoms with Crippen molar-refractivity contribution in [2.24, 2.45) is 5.92 Å². The molecule has 3 saturated heterocycles. The fourth-order valence-electron chi connectivity index (χ4n) is 4.51. The second-order valence-corrected chi connectivity index (χ2v) is 10.8. The van der Waals surface area contributed by atoms with E-state index in [0.717, 1.165) is 28.1 Å². The van der Waals surface area contributed by atoms with Crippen molar-refractivity contribution in [3.05, 3.63) is 54.1 Å². The van der Waals surface area contributed by atoms with Gasteiger partial charge in [-0.3, -0.25) is 10.0 Å². The number of sulfonamides is 1. The fraction of sp³-hybridized carbons (Fsp3) is 0.409. The van der Waals surface area contributed by atoms with Crippen LogP contribution < -0.4 is 14.8 Å². The number of nitrogens with zero attached hydrogens (tertiary/aromatic N) is 2. The van der Waals surface area contributed by atoms with Crippen molar-refractivity contribution in [3.8, 4) is 5.88 Å². The number of piperidine rings is 3. The first-order valence-corrected chi connectivity index (χ1v) is 13.0. The third-order valence-corrected chi connectivity index (χ3v) is 8.19. The van der Waals surface area contributed by atoms with Crippen LogP contribution in [0.15, 0.2) is 48.5 Å². The summed E-state index contributed by atoms with van der Waals surface area (Å²) in [4.78, 5) is 2.50. The zero-order valence-electron chi connectivity index (χ0n) is 17.2. The number of aromatic nitrogens is 1. The molecule has 1 atom stereocenters. The minimum atomic E-state index is -3.51. The molecule has 3 fully saturated rings. The van der Waals surface area contributed by atoms with E-state index in [-0.39, 0.29) is 5.75 Å². The summed E-state index contributed by atoms with van der Waals surface area (Å²) < 4.78 is 39.1. The molecule has 0 radical (unpaired) electrons. The van der Waals surface area contributed by atoms with Crippen molar-refractivity contribution in [2.75, 3.05) is 31.1 Å². The number of nitrogens with one attached hydrogen (secondary N) is 2. The summed E-state index contributed by atoms with van der Waals surface area (Å²) in [6.45, 7) is 3.91. The average molecular weight is 459 g/mol. The molecule has 0 spiro atoms. The van der Waals surface area contributed by atoms with Crippen LogP contribution in [0.2, 0.25) is 0 Å². The zero-order chi connectivity index (χ0) is 21.3. The highest BCUT2D eigenvalue weighted by atomic mass is 32.2. The maximum atomic E-state index is 12.6. The topological polar surface area (TPSA) is 83.6 Å². The van der Waals surface area contributed by atoms with E-state index in [2.05, 4.69) is 19.3 Å². The fourth-order valence-corrected chi connectivity index (χ4v) is 6.40. The van der Waals surface area contributed by atoms with Gasteiger partial charge >= 0.3 is 0 Å². The van der Waals surface area contributed by atoms with Crippen LogP contribution in [0.5, 0.6) is 5.88 Å². The Morgan fingerprint density at radius 3 is 2.68 bits per heavy atom. The van der Waals surface area contributed by atoms with Crippen molar-refractivity contribution in [1.82, 2.24) is 14.6 Å². The predicted molar refractivity (Wildman–Crippen MR) is 124 cm³/mol. The van der Waals surface area contributed by atoms with E-state index in [1.54, 1.807) is 24.3 Å². The first-order chi connectivity index (χ1) is 15.1. The minimum Gasteiger partial charge on any atom is -0.461 e. The lowest BCUT2D eigenvalue weighted by molar-refractivity contribution is 0.0616. The quantitative estimate of drug-likeness (QED) is 0.504. The molecular weight excluding hydrogens is 432 g/mol. The van der Waals surface area contributed by atoms with Gasteiger partial charge in [0.2, 0.25) is 15.9 Å². The number of rotatable bonds is 8. The van der Waals surface area contributed by atoms with Crippen molar-refractivity contribution in [2.45, 2.75) is 24.6 Å². The molecular formula is C22H26N4O3S2. The molecule has 2 bridgehead atoms. The van der Waals surface area contributed by atoms with Gasteiger partial charge in [0, 0.05) is 18.3 Å². The molecule has 0 unspecified atom stereocenters. The Bertz CT molecular complexity index is 1140. The molecule has 1 aromatic heterocycles. The third-order valence-electron chi connectivity index (χ3n) is 6.12. The van der Waals surface area contributed by atoms with E-state index < -0.39 is 10.0 Å². The monoisotopic (exact) mass is 458 g/mol. The van der Waals surface area contributed by atoms with Gasteiger partial charge in [-0.1, -0.05) is 30.3 Å². The van der Waals surface area contributed by atoms with Crippen LogP contribution >= 0.6 is 11.5 Å². The Morgan fingerprint density at radius 1 is 1.13 bits per heavy atom. The highest BCUT2D eigenvalue weighted by Gasteiger charge is 2.33. The SMILES string of the molecule is O=S(=O)(Cc1ccccc1)Nc1ccc2snc(OCN[C@@H]3CN4CCC3CC4)c2c1. The van der Waals surface area contributed by atoms with Gasteiger partial charge < -0.3 is 9.64 Å². The molecule has 0 aliphatic carbocycles. The highest BCUT2D eigenvalue weighted by molar-refractivity contribution is 7.91. The van der Waals surface area contributed by atoms with E-state index in [1.807, 2.05) is 24.3 Å². The first kappa shape index (κ1) is 20.7. The van der Waals surface area contributed by atoms with Gasteiger partial charge in [0.05, 0.1) is 15.8 Å². The number of hydrogen-bond acceptors (Lipinski definition) is 7. The van der Waals surface area contributed by atoms with E-state index in [1.165, 1.54) is 37.5 Å².